The highest BCUT2D eigenvalue weighted by atomic mass is 16.8. The largest absolute Gasteiger partial charge is 0.408 e. The highest BCUT2D eigenvalue weighted by Gasteiger charge is 2.23. The van der Waals surface area contributed by atoms with E-state index < -0.39 is 11.9 Å². The van der Waals surface area contributed by atoms with Gasteiger partial charge in [-0.2, -0.15) is 0 Å². The topological polar surface area (TPSA) is 55.8 Å². The van der Waals surface area contributed by atoms with Crippen LogP contribution in [0.3, 0.4) is 0 Å². The molecule has 0 heterocycles. The standard InChI is InChI=1S/C7H14O4/c1-4-5-10-7(3,9)11-6(2)8/h9H,4-5H2,1-3H3. The van der Waals surface area contributed by atoms with Crippen LogP contribution >= 0.6 is 0 Å². The van der Waals surface area contributed by atoms with Crippen LogP contribution in [0.25, 0.3) is 0 Å². The third-order valence-electron chi connectivity index (χ3n) is 0.907. The Bertz CT molecular complexity index is 130. The summed E-state index contributed by atoms with van der Waals surface area (Å²) in [6.07, 6.45) is 0.761. The van der Waals surface area contributed by atoms with E-state index in [1.165, 1.54) is 13.8 Å². The number of hydrogen-bond donors (Lipinski definition) is 1. The summed E-state index contributed by atoms with van der Waals surface area (Å²) in [5.74, 6) is -2.34. The molecule has 1 unspecified atom stereocenters. The van der Waals surface area contributed by atoms with Gasteiger partial charge in [-0.25, -0.2) is 0 Å². The minimum atomic E-state index is -1.78. The molecular weight excluding hydrogens is 148 g/mol. The number of hydrogen-bond acceptors (Lipinski definition) is 4. The Hall–Kier alpha value is -0.610. The second-order valence-corrected chi connectivity index (χ2v) is 2.34. The van der Waals surface area contributed by atoms with Crippen LogP contribution in [0.1, 0.15) is 27.2 Å². The zero-order valence-electron chi connectivity index (χ0n) is 7.09. The van der Waals surface area contributed by atoms with E-state index >= 15 is 0 Å². The molecule has 0 fully saturated rings. The monoisotopic (exact) mass is 162 g/mol. The molecule has 11 heavy (non-hydrogen) atoms. The predicted molar refractivity (Wildman–Crippen MR) is 38.6 cm³/mol. The summed E-state index contributed by atoms with van der Waals surface area (Å²) in [6.45, 7) is 4.75. The van der Waals surface area contributed by atoms with Gasteiger partial charge in [-0.15, -0.1) is 0 Å². The fourth-order valence-corrected chi connectivity index (χ4v) is 0.588. The van der Waals surface area contributed by atoms with Crippen molar-refractivity contribution in [2.75, 3.05) is 6.61 Å². The molecule has 0 saturated heterocycles. The van der Waals surface area contributed by atoms with Crippen molar-refractivity contribution >= 4 is 5.97 Å². The molecule has 0 aliphatic carbocycles. The summed E-state index contributed by atoms with van der Waals surface area (Å²) in [5.41, 5.74) is 0. The van der Waals surface area contributed by atoms with Gasteiger partial charge in [0.05, 0.1) is 6.61 Å². The van der Waals surface area contributed by atoms with Crippen LogP contribution in [0, 0.1) is 0 Å². The van der Waals surface area contributed by atoms with Gasteiger partial charge in [0.2, 0.25) is 0 Å². The average molecular weight is 162 g/mol. The number of carbonyl (C=O) groups excluding carboxylic acids is 1. The predicted octanol–water partition coefficient (Wildman–Crippen LogP) is 0.642. The van der Waals surface area contributed by atoms with Gasteiger partial charge in [0.25, 0.3) is 0 Å². The first-order chi connectivity index (χ1) is 4.98. The first kappa shape index (κ1) is 10.4. The van der Waals surface area contributed by atoms with E-state index in [2.05, 4.69) is 4.74 Å². The highest BCUT2D eigenvalue weighted by molar-refractivity contribution is 5.66. The molecule has 0 aromatic carbocycles. The van der Waals surface area contributed by atoms with Gasteiger partial charge in [-0.05, 0) is 6.42 Å². The molecule has 0 aromatic rings. The Morgan fingerprint density at radius 1 is 1.64 bits per heavy atom. The van der Waals surface area contributed by atoms with E-state index in [9.17, 15) is 4.79 Å². The lowest BCUT2D eigenvalue weighted by atomic mass is 10.5. The number of aliphatic hydroxyl groups is 1. The van der Waals surface area contributed by atoms with Crippen molar-refractivity contribution in [1.29, 1.82) is 0 Å². The van der Waals surface area contributed by atoms with Crippen molar-refractivity contribution in [1.82, 2.24) is 0 Å². The van der Waals surface area contributed by atoms with Crippen LogP contribution in [0.2, 0.25) is 0 Å². The lowest BCUT2D eigenvalue weighted by molar-refractivity contribution is -0.329. The Morgan fingerprint density at radius 3 is 2.55 bits per heavy atom. The Balaban J connectivity index is 3.70. The summed E-state index contributed by atoms with van der Waals surface area (Å²) in [4.78, 5) is 10.4. The van der Waals surface area contributed by atoms with E-state index in [1.54, 1.807) is 0 Å². The molecule has 66 valence electrons. The van der Waals surface area contributed by atoms with Crippen LogP contribution in [0.4, 0.5) is 0 Å². The summed E-state index contributed by atoms with van der Waals surface area (Å²) in [6, 6.07) is 0. The van der Waals surface area contributed by atoms with Gasteiger partial charge in [-0.3, -0.25) is 4.79 Å². The van der Waals surface area contributed by atoms with E-state index in [1.807, 2.05) is 6.92 Å². The van der Waals surface area contributed by atoms with Gasteiger partial charge >= 0.3 is 11.9 Å². The number of esters is 1. The maximum absolute atomic E-state index is 10.4. The first-order valence-corrected chi connectivity index (χ1v) is 3.54. The number of rotatable bonds is 4. The van der Waals surface area contributed by atoms with Gasteiger partial charge < -0.3 is 14.6 Å². The maximum Gasteiger partial charge on any atom is 0.323 e. The summed E-state index contributed by atoms with van der Waals surface area (Å²) in [7, 11) is 0. The molecular formula is C7H14O4. The minimum absolute atomic E-state index is 0.361. The fourth-order valence-electron chi connectivity index (χ4n) is 0.588. The van der Waals surface area contributed by atoms with Crippen LogP contribution in [0.5, 0.6) is 0 Å². The second-order valence-electron chi connectivity index (χ2n) is 2.34. The van der Waals surface area contributed by atoms with Crippen LogP contribution in [-0.4, -0.2) is 23.7 Å². The molecule has 0 rings (SSSR count). The summed E-state index contributed by atoms with van der Waals surface area (Å²) < 4.78 is 9.24. The van der Waals surface area contributed by atoms with Crippen molar-refractivity contribution < 1.29 is 19.4 Å². The van der Waals surface area contributed by atoms with Gasteiger partial charge in [0, 0.05) is 13.8 Å². The maximum atomic E-state index is 10.4. The number of ether oxygens (including phenoxy) is 2. The molecule has 0 aromatic heterocycles. The molecule has 0 radical (unpaired) electrons. The van der Waals surface area contributed by atoms with E-state index in [-0.39, 0.29) is 0 Å². The summed E-state index contributed by atoms with van der Waals surface area (Å²) >= 11 is 0. The molecule has 4 nitrogen and oxygen atoms in total. The quantitative estimate of drug-likeness (QED) is 0.487. The molecule has 0 saturated carbocycles. The van der Waals surface area contributed by atoms with Crippen molar-refractivity contribution in [2.24, 2.45) is 0 Å². The minimum Gasteiger partial charge on any atom is -0.408 e. The van der Waals surface area contributed by atoms with Crippen molar-refractivity contribution in [3.8, 4) is 0 Å². The van der Waals surface area contributed by atoms with Gasteiger partial charge in [0.15, 0.2) is 0 Å². The van der Waals surface area contributed by atoms with E-state index in [0.717, 1.165) is 6.42 Å². The van der Waals surface area contributed by atoms with Crippen molar-refractivity contribution in [2.45, 2.75) is 33.2 Å². The van der Waals surface area contributed by atoms with Crippen molar-refractivity contribution in [3.05, 3.63) is 0 Å². The SMILES string of the molecule is CCCOC(C)(O)OC(C)=O. The van der Waals surface area contributed by atoms with Crippen LogP contribution < -0.4 is 0 Å². The molecule has 0 bridgehead atoms. The molecule has 4 heteroatoms. The Kier molecular flexibility index (Phi) is 4.07. The van der Waals surface area contributed by atoms with Crippen LogP contribution in [0.15, 0.2) is 0 Å². The molecule has 1 atom stereocenters. The fraction of sp³-hybridized carbons (Fsp3) is 0.857. The molecule has 0 aliphatic heterocycles. The van der Waals surface area contributed by atoms with E-state index in [4.69, 9.17) is 9.84 Å². The van der Waals surface area contributed by atoms with E-state index in [0.29, 0.717) is 6.61 Å². The zero-order chi connectivity index (χ0) is 8.91. The first-order valence-electron chi connectivity index (χ1n) is 3.54. The summed E-state index contributed by atoms with van der Waals surface area (Å²) in [5, 5.41) is 9.15. The molecule has 1 N–H and O–H groups in total. The molecule has 0 aliphatic rings. The molecule has 0 amide bonds. The third kappa shape index (κ3) is 5.82. The van der Waals surface area contributed by atoms with Crippen molar-refractivity contribution in [3.63, 3.8) is 0 Å². The average Bonchev–Trinajstić information content (AvgIpc) is 1.81. The number of carbonyl (C=O) groups is 1. The van der Waals surface area contributed by atoms with Gasteiger partial charge in [0.1, 0.15) is 0 Å². The smallest absolute Gasteiger partial charge is 0.323 e. The lowest BCUT2D eigenvalue weighted by Crippen LogP contribution is -2.34. The third-order valence-corrected chi connectivity index (χ3v) is 0.907. The van der Waals surface area contributed by atoms with Crippen LogP contribution in [-0.2, 0) is 14.3 Å². The Morgan fingerprint density at radius 2 is 2.18 bits per heavy atom. The second kappa shape index (κ2) is 4.31. The molecule has 0 spiro atoms. The normalized spacial score (nSPS) is 15.6. The lowest BCUT2D eigenvalue weighted by Gasteiger charge is -2.21. The Labute approximate surface area is 66.1 Å². The highest BCUT2D eigenvalue weighted by Crippen LogP contribution is 2.07. The van der Waals surface area contributed by atoms with Gasteiger partial charge in [-0.1, -0.05) is 6.92 Å². The zero-order valence-corrected chi connectivity index (χ0v) is 7.09.